The van der Waals surface area contributed by atoms with E-state index >= 15 is 0 Å². The lowest BCUT2D eigenvalue weighted by atomic mass is 10.0. The van der Waals surface area contributed by atoms with E-state index in [1.54, 1.807) is 13.8 Å². The van der Waals surface area contributed by atoms with Crippen LogP contribution in [0.15, 0.2) is 12.5 Å². The summed E-state index contributed by atoms with van der Waals surface area (Å²) >= 11 is 0.909. The molecule has 23 heteroatoms. The number of amides is 7. The van der Waals surface area contributed by atoms with Gasteiger partial charge in [-0.1, -0.05) is 13.8 Å². The average Bonchev–Trinajstić information content (AvgIpc) is 3.52. The number of aromatic nitrogens is 2. The van der Waals surface area contributed by atoms with Crippen molar-refractivity contribution in [2.24, 2.45) is 11.7 Å². The number of hydrogen-bond acceptors (Lipinski definition) is 12. The van der Waals surface area contributed by atoms with Gasteiger partial charge < -0.3 is 57.5 Å². The van der Waals surface area contributed by atoms with E-state index in [-0.39, 0.29) is 30.3 Å². The van der Waals surface area contributed by atoms with Crippen molar-refractivity contribution in [2.75, 3.05) is 18.1 Å². The Morgan fingerprint density at radius 2 is 1.56 bits per heavy atom. The molecule has 1 aromatic rings. The van der Waals surface area contributed by atoms with Crippen LogP contribution in [0.2, 0.25) is 0 Å². The summed E-state index contributed by atoms with van der Waals surface area (Å²) in [5, 5.41) is 24.2. The van der Waals surface area contributed by atoms with Crippen LogP contribution >= 0.6 is 19.6 Å². The number of carbonyl (C=O) groups excluding carboxylic acids is 7. The summed E-state index contributed by atoms with van der Waals surface area (Å²) in [7, 11) is -5.24. The lowest BCUT2D eigenvalue weighted by molar-refractivity contribution is -0.137. The standard InChI is InChI=1S/C27H44N9O12PS/c1-12(2)5-16-24(41)33-17(6-15-7-29-11-30-15)25(42)34-18(8-37)26(43)36-21(14(4)48-49(45,46)47)27(44)31-13(3)23(40)35-19(22(28)39)9-50-10-20(38)32-16/h7,11-14,16-19,21,37H,5-6,8-10H2,1-4H3,(H2,28,39)(H,29,30)(H,31,44)(H,32,38)(H,33,41)(H,34,42)(H,35,40)(H,36,43)(H2,45,46,47)/t13-,14+,16-,17-,18-,19+,21-/m0/s1. The number of nitrogens with zero attached hydrogens (tertiary/aromatic N) is 1. The van der Waals surface area contributed by atoms with Gasteiger partial charge >= 0.3 is 7.82 Å². The average molecular weight is 750 g/mol. The smallest absolute Gasteiger partial charge is 0.394 e. The van der Waals surface area contributed by atoms with E-state index in [2.05, 4.69) is 46.4 Å². The number of nitrogens with one attached hydrogen (secondary N) is 7. The number of aliphatic hydroxyl groups is 1. The fourth-order valence-corrected chi connectivity index (χ4v) is 5.99. The third-order valence-corrected chi connectivity index (χ3v) is 8.71. The van der Waals surface area contributed by atoms with Gasteiger partial charge in [0, 0.05) is 24.1 Å². The second-order valence-electron chi connectivity index (χ2n) is 11.8. The van der Waals surface area contributed by atoms with Gasteiger partial charge in [-0.05, 0) is 26.2 Å². The first-order chi connectivity index (χ1) is 23.3. The molecule has 0 aromatic carbocycles. The van der Waals surface area contributed by atoms with Gasteiger partial charge in [-0.25, -0.2) is 9.55 Å². The number of nitrogens with two attached hydrogens (primary N) is 1. The van der Waals surface area contributed by atoms with E-state index in [1.807, 2.05) is 0 Å². The Kier molecular flexibility index (Phi) is 16.3. The molecule has 0 aliphatic carbocycles. The summed E-state index contributed by atoms with van der Waals surface area (Å²) in [4.78, 5) is 117. The second-order valence-corrected chi connectivity index (χ2v) is 14.1. The van der Waals surface area contributed by atoms with Crippen LogP contribution in [0.25, 0.3) is 0 Å². The minimum atomic E-state index is -5.24. The van der Waals surface area contributed by atoms with Crippen molar-refractivity contribution < 1.29 is 57.5 Å². The summed E-state index contributed by atoms with van der Waals surface area (Å²) in [6, 6.07) is -8.96. The number of primary amides is 1. The molecule has 0 saturated carbocycles. The molecule has 7 amide bonds. The van der Waals surface area contributed by atoms with Gasteiger partial charge in [0.05, 0.1) is 24.8 Å². The Balaban J connectivity index is 2.53. The Morgan fingerprint density at radius 1 is 0.940 bits per heavy atom. The van der Waals surface area contributed by atoms with Crippen molar-refractivity contribution in [3.63, 3.8) is 0 Å². The molecule has 2 heterocycles. The molecule has 1 aromatic heterocycles. The first-order valence-electron chi connectivity index (χ1n) is 15.3. The molecular formula is C27H44N9O12PS. The molecule has 21 nitrogen and oxygen atoms in total. The SMILES string of the molecule is CC(C)C[C@@H]1NC(=O)CSC[C@H](C(N)=O)NC(=O)[C@H](C)NC(=O)[C@H]([C@@H](C)OP(=O)(O)O)NC(=O)[C@H](CO)NC(=O)[C@H](Cc2cnc[nH]2)NC1=O. The number of rotatable bonds is 9. The molecule has 1 aliphatic rings. The van der Waals surface area contributed by atoms with E-state index in [9.17, 15) is 53.0 Å². The third kappa shape index (κ3) is 14.0. The van der Waals surface area contributed by atoms with E-state index in [0.29, 0.717) is 5.69 Å². The van der Waals surface area contributed by atoms with Crippen LogP contribution in [-0.4, -0.2) is 127 Å². The van der Waals surface area contributed by atoms with Crippen molar-refractivity contribution in [3.8, 4) is 0 Å². The van der Waals surface area contributed by atoms with Gasteiger partial charge in [-0.3, -0.25) is 38.1 Å². The number of hydrogen-bond donors (Lipinski definition) is 11. The fourth-order valence-electron chi connectivity index (χ4n) is 4.56. The van der Waals surface area contributed by atoms with Crippen LogP contribution in [-0.2, 0) is 49.1 Å². The van der Waals surface area contributed by atoms with Gasteiger partial charge in [0.25, 0.3) is 0 Å². The molecule has 0 spiro atoms. The monoisotopic (exact) mass is 749 g/mol. The predicted molar refractivity (Wildman–Crippen MR) is 175 cm³/mol. The molecule has 1 fully saturated rings. The molecule has 1 aliphatic heterocycles. The van der Waals surface area contributed by atoms with Crippen molar-refractivity contribution in [2.45, 2.75) is 82.9 Å². The molecule has 0 unspecified atom stereocenters. The first-order valence-corrected chi connectivity index (χ1v) is 18.0. The molecule has 12 N–H and O–H groups in total. The minimum Gasteiger partial charge on any atom is -0.394 e. The zero-order valence-corrected chi connectivity index (χ0v) is 29.4. The highest BCUT2D eigenvalue weighted by atomic mass is 32.2. The largest absolute Gasteiger partial charge is 0.469 e. The molecule has 50 heavy (non-hydrogen) atoms. The number of imidazole rings is 1. The highest BCUT2D eigenvalue weighted by molar-refractivity contribution is 8.00. The molecule has 2 rings (SSSR count). The Hall–Kier alpha value is -4.08. The maximum atomic E-state index is 13.5. The number of phosphoric acid groups is 1. The van der Waals surface area contributed by atoms with Crippen LogP contribution in [0.5, 0.6) is 0 Å². The zero-order chi connectivity index (χ0) is 37.8. The van der Waals surface area contributed by atoms with E-state index < -0.39 is 98.1 Å². The van der Waals surface area contributed by atoms with Gasteiger partial charge in [0.1, 0.15) is 36.3 Å². The minimum absolute atomic E-state index is 0.104. The van der Waals surface area contributed by atoms with Gasteiger partial charge in [-0.2, -0.15) is 0 Å². The molecule has 7 atom stereocenters. The normalized spacial score (nSPS) is 26.3. The van der Waals surface area contributed by atoms with Gasteiger partial charge in [0.2, 0.25) is 41.4 Å². The molecular weight excluding hydrogens is 705 g/mol. The van der Waals surface area contributed by atoms with Crippen molar-refractivity contribution >= 4 is 60.9 Å². The van der Waals surface area contributed by atoms with Crippen LogP contribution in [0.4, 0.5) is 0 Å². The predicted octanol–water partition coefficient (Wildman–Crippen LogP) is -4.35. The number of carbonyl (C=O) groups is 7. The number of H-pyrrole nitrogens is 1. The summed E-state index contributed by atoms with van der Waals surface area (Å²) in [5.41, 5.74) is 5.82. The first kappa shape index (κ1) is 42.1. The Labute approximate surface area is 291 Å². The molecule has 0 radical (unpaired) electrons. The lowest BCUT2D eigenvalue weighted by Crippen LogP contribution is -2.62. The van der Waals surface area contributed by atoms with Crippen LogP contribution in [0.1, 0.15) is 39.8 Å². The lowest BCUT2D eigenvalue weighted by Gasteiger charge is -2.28. The van der Waals surface area contributed by atoms with Crippen LogP contribution in [0.3, 0.4) is 0 Å². The van der Waals surface area contributed by atoms with Crippen molar-refractivity contribution in [1.82, 2.24) is 41.9 Å². The summed E-state index contributed by atoms with van der Waals surface area (Å²) in [6.45, 7) is 4.78. The summed E-state index contributed by atoms with van der Waals surface area (Å²) < 4.78 is 16.2. The van der Waals surface area contributed by atoms with Crippen molar-refractivity contribution in [1.29, 1.82) is 0 Å². The molecule has 0 bridgehead atoms. The number of thioether (sulfide) groups is 1. The quantitative estimate of drug-likeness (QED) is 0.106. The number of aromatic amines is 1. The number of aliphatic hydroxyl groups excluding tert-OH is 1. The van der Waals surface area contributed by atoms with Gasteiger partial charge in [0.15, 0.2) is 0 Å². The fraction of sp³-hybridized carbons (Fsp3) is 0.630. The highest BCUT2D eigenvalue weighted by Crippen LogP contribution is 2.38. The summed E-state index contributed by atoms with van der Waals surface area (Å²) in [5.74, 6) is -7.19. The van der Waals surface area contributed by atoms with Gasteiger partial charge in [-0.15, -0.1) is 11.8 Å². The summed E-state index contributed by atoms with van der Waals surface area (Å²) in [6.07, 6.45) is 0.937. The Morgan fingerprint density at radius 3 is 2.12 bits per heavy atom. The topological polar surface area (TPSA) is 333 Å². The third-order valence-electron chi connectivity index (χ3n) is 7.07. The van der Waals surface area contributed by atoms with E-state index in [1.165, 1.54) is 19.4 Å². The maximum absolute atomic E-state index is 13.5. The van der Waals surface area contributed by atoms with E-state index in [0.717, 1.165) is 18.7 Å². The van der Waals surface area contributed by atoms with Crippen molar-refractivity contribution in [3.05, 3.63) is 18.2 Å². The molecule has 1 saturated heterocycles. The van der Waals surface area contributed by atoms with Crippen LogP contribution < -0.4 is 37.6 Å². The zero-order valence-electron chi connectivity index (χ0n) is 27.7. The highest BCUT2D eigenvalue weighted by Gasteiger charge is 2.37. The van der Waals surface area contributed by atoms with E-state index in [4.69, 9.17) is 5.73 Å². The maximum Gasteiger partial charge on any atom is 0.469 e. The Bertz CT molecular complexity index is 1430. The number of phosphoric ester groups is 1. The second kappa shape index (κ2) is 19.3. The van der Waals surface area contributed by atoms with Crippen LogP contribution in [0, 0.1) is 5.92 Å². The molecule has 280 valence electrons.